The number of methoxy groups -OCH3 is 1. The van der Waals surface area contributed by atoms with Crippen molar-refractivity contribution < 1.29 is 4.74 Å². The fourth-order valence-electron chi connectivity index (χ4n) is 2.60. The number of ether oxygens (including phenoxy) is 1. The van der Waals surface area contributed by atoms with Crippen molar-refractivity contribution in [2.24, 2.45) is 5.73 Å². The van der Waals surface area contributed by atoms with Crippen molar-refractivity contribution in [3.63, 3.8) is 0 Å². The molecule has 1 aromatic heterocycles. The Hall–Kier alpha value is -1.88. The molecule has 0 spiro atoms. The summed E-state index contributed by atoms with van der Waals surface area (Å²) < 4.78 is 7.33. The SMILES string of the molecule is COc1cccc(Cc2nnc3n2C(N)CCC3)c1. The minimum absolute atomic E-state index is 0.0133. The summed E-state index contributed by atoms with van der Waals surface area (Å²) in [6, 6.07) is 8.02. The molecule has 0 saturated carbocycles. The van der Waals surface area contributed by atoms with Crippen LogP contribution in [0.4, 0.5) is 0 Å². The fourth-order valence-corrected chi connectivity index (χ4v) is 2.60. The molecular formula is C14H18N4O. The highest BCUT2D eigenvalue weighted by Gasteiger charge is 2.21. The number of hydrogen-bond acceptors (Lipinski definition) is 4. The zero-order valence-electron chi connectivity index (χ0n) is 11.0. The third-order valence-electron chi connectivity index (χ3n) is 3.57. The van der Waals surface area contributed by atoms with Gasteiger partial charge in [-0.1, -0.05) is 12.1 Å². The maximum Gasteiger partial charge on any atom is 0.138 e. The summed E-state index contributed by atoms with van der Waals surface area (Å²) in [5.41, 5.74) is 7.32. The second-order valence-electron chi connectivity index (χ2n) is 4.89. The van der Waals surface area contributed by atoms with Crippen LogP contribution in [-0.4, -0.2) is 21.9 Å². The van der Waals surface area contributed by atoms with Crippen LogP contribution >= 0.6 is 0 Å². The number of benzene rings is 1. The van der Waals surface area contributed by atoms with Crippen molar-refractivity contribution >= 4 is 0 Å². The Morgan fingerprint density at radius 1 is 1.42 bits per heavy atom. The summed E-state index contributed by atoms with van der Waals surface area (Å²) in [4.78, 5) is 0. The van der Waals surface area contributed by atoms with Gasteiger partial charge >= 0.3 is 0 Å². The molecule has 1 atom stereocenters. The molecule has 5 nitrogen and oxygen atoms in total. The molecule has 1 unspecified atom stereocenters. The Labute approximate surface area is 112 Å². The smallest absolute Gasteiger partial charge is 0.138 e. The van der Waals surface area contributed by atoms with Gasteiger partial charge in [-0.25, -0.2) is 0 Å². The third kappa shape index (κ3) is 2.33. The molecule has 0 fully saturated rings. The predicted molar refractivity (Wildman–Crippen MR) is 72.0 cm³/mol. The molecule has 2 N–H and O–H groups in total. The Kier molecular flexibility index (Phi) is 3.21. The van der Waals surface area contributed by atoms with Gasteiger partial charge in [-0.15, -0.1) is 10.2 Å². The van der Waals surface area contributed by atoms with Gasteiger partial charge in [0.15, 0.2) is 0 Å². The lowest BCUT2D eigenvalue weighted by Gasteiger charge is -2.22. The predicted octanol–water partition coefficient (Wildman–Crippen LogP) is 1.67. The topological polar surface area (TPSA) is 66.0 Å². The number of nitrogens with zero attached hydrogens (tertiary/aromatic N) is 3. The summed E-state index contributed by atoms with van der Waals surface area (Å²) in [7, 11) is 1.67. The van der Waals surface area contributed by atoms with E-state index < -0.39 is 0 Å². The first kappa shape index (κ1) is 12.2. The first-order valence-electron chi connectivity index (χ1n) is 6.59. The number of aromatic nitrogens is 3. The van der Waals surface area contributed by atoms with E-state index in [1.807, 2.05) is 18.2 Å². The van der Waals surface area contributed by atoms with E-state index in [0.29, 0.717) is 0 Å². The fraction of sp³-hybridized carbons (Fsp3) is 0.429. The van der Waals surface area contributed by atoms with Crippen molar-refractivity contribution in [3.8, 4) is 5.75 Å². The number of aryl methyl sites for hydroxylation is 1. The average Bonchev–Trinajstić information content (AvgIpc) is 2.84. The minimum Gasteiger partial charge on any atom is -0.497 e. The van der Waals surface area contributed by atoms with E-state index in [-0.39, 0.29) is 6.17 Å². The minimum atomic E-state index is 0.0133. The van der Waals surface area contributed by atoms with E-state index in [1.54, 1.807) is 7.11 Å². The molecule has 1 aliphatic rings. The van der Waals surface area contributed by atoms with Crippen LogP contribution in [0.15, 0.2) is 24.3 Å². The number of hydrogen-bond donors (Lipinski definition) is 1. The molecule has 19 heavy (non-hydrogen) atoms. The van der Waals surface area contributed by atoms with Crippen LogP contribution in [0.3, 0.4) is 0 Å². The van der Waals surface area contributed by atoms with Crippen LogP contribution < -0.4 is 10.5 Å². The Balaban J connectivity index is 1.89. The summed E-state index contributed by atoms with van der Waals surface area (Å²) in [5, 5.41) is 8.54. The molecule has 0 amide bonds. The monoisotopic (exact) mass is 258 g/mol. The normalized spacial score (nSPS) is 18.1. The van der Waals surface area contributed by atoms with Gasteiger partial charge in [0.1, 0.15) is 17.4 Å². The lowest BCUT2D eigenvalue weighted by Crippen LogP contribution is -2.26. The van der Waals surface area contributed by atoms with Crippen LogP contribution in [0, 0.1) is 0 Å². The molecule has 2 heterocycles. The van der Waals surface area contributed by atoms with Gasteiger partial charge in [-0.05, 0) is 30.5 Å². The molecular weight excluding hydrogens is 240 g/mol. The standard InChI is InChI=1S/C14H18N4O/c1-19-11-5-2-4-10(8-11)9-14-17-16-13-7-3-6-12(15)18(13)14/h2,4-5,8,12H,3,6-7,9,15H2,1H3. The summed E-state index contributed by atoms with van der Waals surface area (Å²) in [5.74, 6) is 2.81. The highest BCUT2D eigenvalue weighted by atomic mass is 16.5. The molecule has 0 bridgehead atoms. The highest BCUT2D eigenvalue weighted by Crippen LogP contribution is 2.23. The Morgan fingerprint density at radius 3 is 3.16 bits per heavy atom. The second-order valence-corrected chi connectivity index (χ2v) is 4.89. The van der Waals surface area contributed by atoms with Crippen LogP contribution in [0.2, 0.25) is 0 Å². The Morgan fingerprint density at radius 2 is 2.32 bits per heavy atom. The second kappa shape index (κ2) is 5.01. The average molecular weight is 258 g/mol. The maximum absolute atomic E-state index is 6.16. The van der Waals surface area contributed by atoms with Gasteiger partial charge in [0.05, 0.1) is 13.3 Å². The van der Waals surface area contributed by atoms with Crippen LogP contribution in [0.1, 0.15) is 36.2 Å². The quantitative estimate of drug-likeness (QED) is 0.909. The first-order valence-corrected chi connectivity index (χ1v) is 6.59. The Bertz CT molecular complexity index is 579. The molecule has 5 heteroatoms. The largest absolute Gasteiger partial charge is 0.497 e. The summed E-state index contributed by atoms with van der Waals surface area (Å²) in [6.07, 6.45) is 3.81. The van der Waals surface area contributed by atoms with Gasteiger partial charge in [-0.2, -0.15) is 0 Å². The van der Waals surface area contributed by atoms with Crippen LogP contribution in [0.5, 0.6) is 5.75 Å². The van der Waals surface area contributed by atoms with Crippen LogP contribution in [0.25, 0.3) is 0 Å². The van der Waals surface area contributed by atoms with Gasteiger partial charge in [0, 0.05) is 12.8 Å². The van der Waals surface area contributed by atoms with Crippen molar-refractivity contribution in [1.82, 2.24) is 14.8 Å². The molecule has 100 valence electrons. The zero-order chi connectivity index (χ0) is 13.2. The van der Waals surface area contributed by atoms with Gasteiger partial charge < -0.3 is 10.5 Å². The van der Waals surface area contributed by atoms with E-state index in [0.717, 1.165) is 48.6 Å². The number of rotatable bonds is 3. The van der Waals surface area contributed by atoms with Gasteiger partial charge in [0.25, 0.3) is 0 Å². The van der Waals surface area contributed by atoms with Gasteiger partial charge in [0.2, 0.25) is 0 Å². The third-order valence-corrected chi connectivity index (χ3v) is 3.57. The van der Waals surface area contributed by atoms with E-state index in [4.69, 9.17) is 10.5 Å². The molecule has 2 aromatic rings. The molecule has 0 radical (unpaired) electrons. The van der Waals surface area contributed by atoms with Crippen molar-refractivity contribution in [3.05, 3.63) is 41.5 Å². The lowest BCUT2D eigenvalue weighted by atomic mass is 10.1. The number of fused-ring (bicyclic) bond motifs is 1. The summed E-state index contributed by atoms with van der Waals surface area (Å²) >= 11 is 0. The number of nitrogens with two attached hydrogens (primary N) is 1. The summed E-state index contributed by atoms with van der Waals surface area (Å²) in [6.45, 7) is 0. The molecule has 1 aliphatic heterocycles. The van der Waals surface area contributed by atoms with E-state index >= 15 is 0 Å². The van der Waals surface area contributed by atoms with Crippen molar-refractivity contribution in [2.75, 3.05) is 7.11 Å². The highest BCUT2D eigenvalue weighted by molar-refractivity contribution is 5.30. The van der Waals surface area contributed by atoms with E-state index in [9.17, 15) is 0 Å². The molecule has 0 saturated heterocycles. The van der Waals surface area contributed by atoms with Crippen molar-refractivity contribution in [2.45, 2.75) is 31.8 Å². The molecule has 3 rings (SSSR count). The molecule has 1 aromatic carbocycles. The van der Waals surface area contributed by atoms with Gasteiger partial charge in [-0.3, -0.25) is 4.57 Å². The van der Waals surface area contributed by atoms with E-state index in [1.165, 1.54) is 0 Å². The van der Waals surface area contributed by atoms with E-state index in [2.05, 4.69) is 20.8 Å². The lowest BCUT2D eigenvalue weighted by molar-refractivity contribution is 0.398. The maximum atomic E-state index is 6.16. The first-order chi connectivity index (χ1) is 9.28. The molecule has 0 aliphatic carbocycles. The zero-order valence-corrected chi connectivity index (χ0v) is 11.0. The van der Waals surface area contributed by atoms with Crippen LogP contribution in [-0.2, 0) is 12.8 Å². The van der Waals surface area contributed by atoms with Crippen molar-refractivity contribution in [1.29, 1.82) is 0 Å².